The third-order valence-electron chi connectivity index (χ3n) is 3.20. The number of carbonyl (C=O) groups is 1. The second-order valence-corrected chi connectivity index (χ2v) is 4.65. The lowest BCUT2D eigenvalue weighted by Gasteiger charge is -2.16. The fraction of sp³-hybridized carbons (Fsp3) is 0. The van der Waals surface area contributed by atoms with Crippen LogP contribution in [-0.4, -0.2) is 5.97 Å². The van der Waals surface area contributed by atoms with Crippen LogP contribution < -0.4 is 10.1 Å². The number of allylic oxidation sites excluding steroid dienone is 1. The molecular formula is C18H12N2O2. The molecule has 0 bridgehead atoms. The number of benzene rings is 2. The molecule has 0 radical (unpaired) electrons. The first-order valence-corrected chi connectivity index (χ1v) is 6.73. The number of esters is 1. The highest BCUT2D eigenvalue weighted by atomic mass is 16.5. The van der Waals surface area contributed by atoms with Gasteiger partial charge in [0.2, 0.25) is 0 Å². The molecule has 4 heteroatoms. The number of hydrogen-bond donors (Lipinski definition) is 1. The maximum atomic E-state index is 12.2. The maximum absolute atomic E-state index is 12.2. The van der Waals surface area contributed by atoms with Crippen molar-refractivity contribution in [2.75, 3.05) is 5.32 Å². The van der Waals surface area contributed by atoms with Crippen LogP contribution in [0.5, 0.6) is 5.75 Å². The summed E-state index contributed by atoms with van der Waals surface area (Å²) in [5.41, 5.74) is 2.22. The van der Waals surface area contributed by atoms with Crippen molar-refractivity contribution in [1.82, 2.24) is 0 Å². The molecule has 0 aromatic heterocycles. The summed E-state index contributed by atoms with van der Waals surface area (Å²) in [5, 5.41) is 12.4. The topological polar surface area (TPSA) is 62.1 Å². The van der Waals surface area contributed by atoms with Crippen LogP contribution in [0, 0.1) is 11.3 Å². The van der Waals surface area contributed by atoms with Gasteiger partial charge in [0.1, 0.15) is 11.8 Å². The van der Waals surface area contributed by atoms with Gasteiger partial charge >= 0.3 is 5.97 Å². The van der Waals surface area contributed by atoms with Gasteiger partial charge in [0.15, 0.2) is 5.57 Å². The molecule has 0 amide bonds. The number of nitriles is 1. The molecule has 0 aliphatic carbocycles. The number of anilines is 1. The number of ether oxygens (including phenoxy) is 1. The van der Waals surface area contributed by atoms with Crippen molar-refractivity contribution >= 4 is 17.7 Å². The summed E-state index contributed by atoms with van der Waals surface area (Å²) in [6.07, 6.45) is 3.56. The van der Waals surface area contributed by atoms with Crippen molar-refractivity contribution in [2.24, 2.45) is 0 Å². The highest BCUT2D eigenvalue weighted by Gasteiger charge is 2.19. The first kappa shape index (κ1) is 13.7. The molecule has 1 aliphatic rings. The number of para-hydroxylation sites is 2. The van der Waals surface area contributed by atoms with Gasteiger partial charge in [-0.1, -0.05) is 42.5 Å². The summed E-state index contributed by atoms with van der Waals surface area (Å²) in [4.78, 5) is 12.2. The molecule has 0 fully saturated rings. The standard InChI is InChI=1S/C18H12N2O2/c19-12-15(18(21)22-14-7-2-1-3-8-14)17-11-10-13-6-4-5-9-16(13)20-17/h1-11,20H/b17-15+. The Labute approximate surface area is 128 Å². The monoisotopic (exact) mass is 288 g/mol. The number of hydrogen-bond acceptors (Lipinski definition) is 4. The second-order valence-electron chi connectivity index (χ2n) is 4.65. The average molecular weight is 288 g/mol. The van der Waals surface area contributed by atoms with E-state index < -0.39 is 5.97 Å². The minimum Gasteiger partial charge on any atom is -0.422 e. The molecule has 0 saturated carbocycles. The van der Waals surface area contributed by atoms with Gasteiger partial charge < -0.3 is 10.1 Å². The van der Waals surface area contributed by atoms with E-state index in [1.54, 1.807) is 30.3 Å². The number of fused-ring (bicyclic) bond motifs is 1. The van der Waals surface area contributed by atoms with E-state index in [2.05, 4.69) is 5.32 Å². The van der Waals surface area contributed by atoms with E-state index in [0.717, 1.165) is 11.3 Å². The molecule has 0 unspecified atom stereocenters. The minimum atomic E-state index is -0.680. The van der Waals surface area contributed by atoms with E-state index in [1.807, 2.05) is 42.5 Å². The Bertz CT molecular complexity index is 814. The lowest BCUT2D eigenvalue weighted by molar-refractivity contribution is -0.129. The van der Waals surface area contributed by atoms with E-state index in [9.17, 15) is 10.1 Å². The quantitative estimate of drug-likeness (QED) is 0.397. The Hall–Kier alpha value is -3.32. The van der Waals surface area contributed by atoms with Crippen LogP contribution in [0.2, 0.25) is 0 Å². The van der Waals surface area contributed by atoms with E-state index in [0.29, 0.717) is 11.4 Å². The van der Waals surface area contributed by atoms with Gasteiger partial charge in [-0.25, -0.2) is 4.79 Å². The number of carbonyl (C=O) groups excluding carboxylic acids is 1. The summed E-state index contributed by atoms with van der Waals surface area (Å²) >= 11 is 0. The van der Waals surface area contributed by atoms with E-state index >= 15 is 0 Å². The zero-order valence-corrected chi connectivity index (χ0v) is 11.6. The molecule has 0 atom stereocenters. The highest BCUT2D eigenvalue weighted by molar-refractivity contribution is 5.97. The van der Waals surface area contributed by atoms with Gasteiger partial charge in [-0.05, 0) is 29.8 Å². The Balaban J connectivity index is 1.89. The molecule has 106 valence electrons. The van der Waals surface area contributed by atoms with Crippen LogP contribution in [0.4, 0.5) is 5.69 Å². The smallest absolute Gasteiger partial charge is 0.356 e. The third kappa shape index (κ3) is 2.74. The van der Waals surface area contributed by atoms with Crippen molar-refractivity contribution in [3.05, 3.63) is 77.5 Å². The lowest BCUT2D eigenvalue weighted by atomic mass is 10.1. The molecular weight excluding hydrogens is 276 g/mol. The van der Waals surface area contributed by atoms with Gasteiger partial charge in [-0.15, -0.1) is 0 Å². The van der Waals surface area contributed by atoms with Gasteiger partial charge in [-0.3, -0.25) is 0 Å². The zero-order valence-electron chi connectivity index (χ0n) is 11.6. The fourth-order valence-electron chi connectivity index (χ4n) is 2.12. The Morgan fingerprint density at radius 1 is 1.00 bits per heavy atom. The Morgan fingerprint density at radius 2 is 1.73 bits per heavy atom. The van der Waals surface area contributed by atoms with Crippen LogP contribution >= 0.6 is 0 Å². The van der Waals surface area contributed by atoms with E-state index in [-0.39, 0.29) is 5.57 Å². The molecule has 0 saturated heterocycles. The van der Waals surface area contributed by atoms with Gasteiger partial charge in [0.05, 0.1) is 5.70 Å². The zero-order chi connectivity index (χ0) is 15.4. The van der Waals surface area contributed by atoms with Crippen molar-refractivity contribution in [3.8, 4) is 11.8 Å². The number of nitrogens with zero attached hydrogens (tertiary/aromatic N) is 1. The lowest BCUT2D eigenvalue weighted by Crippen LogP contribution is -2.16. The normalized spacial score (nSPS) is 14.3. The van der Waals surface area contributed by atoms with Gasteiger partial charge in [0.25, 0.3) is 0 Å². The van der Waals surface area contributed by atoms with Gasteiger partial charge in [0, 0.05) is 5.69 Å². The predicted octanol–water partition coefficient (Wildman–Crippen LogP) is 3.51. The first-order chi connectivity index (χ1) is 10.8. The second kappa shape index (κ2) is 5.98. The van der Waals surface area contributed by atoms with Crippen LogP contribution in [-0.2, 0) is 4.79 Å². The van der Waals surface area contributed by atoms with Crippen LogP contribution in [0.25, 0.3) is 6.08 Å². The highest BCUT2D eigenvalue weighted by Crippen LogP contribution is 2.26. The Morgan fingerprint density at radius 3 is 2.50 bits per heavy atom. The van der Waals surface area contributed by atoms with Gasteiger partial charge in [-0.2, -0.15) is 5.26 Å². The summed E-state index contributed by atoms with van der Waals surface area (Å²) in [5.74, 6) is -0.277. The van der Waals surface area contributed by atoms with Crippen molar-refractivity contribution in [1.29, 1.82) is 5.26 Å². The molecule has 2 aromatic carbocycles. The summed E-state index contributed by atoms with van der Waals surface area (Å²) in [6, 6.07) is 18.2. The largest absolute Gasteiger partial charge is 0.422 e. The third-order valence-corrected chi connectivity index (χ3v) is 3.20. The van der Waals surface area contributed by atoms with Crippen molar-refractivity contribution in [3.63, 3.8) is 0 Å². The number of nitrogens with one attached hydrogen (secondary N) is 1. The van der Waals surface area contributed by atoms with Crippen molar-refractivity contribution in [2.45, 2.75) is 0 Å². The van der Waals surface area contributed by atoms with E-state index in [4.69, 9.17) is 4.74 Å². The average Bonchev–Trinajstić information content (AvgIpc) is 2.56. The molecule has 1 N–H and O–H groups in total. The van der Waals surface area contributed by atoms with Crippen LogP contribution in [0.15, 0.2) is 71.9 Å². The van der Waals surface area contributed by atoms with Crippen molar-refractivity contribution < 1.29 is 9.53 Å². The predicted molar refractivity (Wildman–Crippen MR) is 83.8 cm³/mol. The fourth-order valence-corrected chi connectivity index (χ4v) is 2.12. The molecule has 2 aromatic rings. The Kier molecular flexibility index (Phi) is 3.71. The first-order valence-electron chi connectivity index (χ1n) is 6.73. The summed E-state index contributed by atoms with van der Waals surface area (Å²) in [6.45, 7) is 0. The van der Waals surface area contributed by atoms with E-state index in [1.165, 1.54) is 0 Å². The molecule has 4 nitrogen and oxygen atoms in total. The number of rotatable bonds is 2. The molecule has 3 rings (SSSR count). The summed E-state index contributed by atoms with van der Waals surface area (Å²) in [7, 11) is 0. The SMILES string of the molecule is N#C/C(C(=O)Oc1ccccc1)=C1/C=Cc2ccccc2N1. The molecule has 0 spiro atoms. The molecule has 22 heavy (non-hydrogen) atoms. The minimum absolute atomic E-state index is 0.0605. The molecule has 1 heterocycles. The maximum Gasteiger partial charge on any atom is 0.356 e. The van der Waals surface area contributed by atoms with Crippen LogP contribution in [0.3, 0.4) is 0 Å². The molecule has 1 aliphatic heterocycles. The van der Waals surface area contributed by atoms with Crippen LogP contribution in [0.1, 0.15) is 5.56 Å². The summed E-state index contributed by atoms with van der Waals surface area (Å²) < 4.78 is 5.22.